The molecule has 0 aliphatic heterocycles. The number of hydrogen-bond donors (Lipinski definition) is 2. The number of nitrogens with one attached hydrogen (secondary N) is 1. The van der Waals surface area contributed by atoms with Crippen molar-refractivity contribution in [1.82, 2.24) is 5.32 Å². The molecule has 1 aromatic rings. The van der Waals surface area contributed by atoms with Crippen LogP contribution in [0.5, 0.6) is 0 Å². The van der Waals surface area contributed by atoms with E-state index in [2.05, 4.69) is 5.32 Å². The van der Waals surface area contributed by atoms with Crippen LogP contribution in [-0.4, -0.2) is 30.3 Å². The van der Waals surface area contributed by atoms with Gasteiger partial charge in [-0.2, -0.15) is 0 Å². The number of rotatable bonds is 5. The summed E-state index contributed by atoms with van der Waals surface area (Å²) in [5.41, 5.74) is 1.21. The Labute approximate surface area is 101 Å². The molecular weight excluding hydrogens is 218 g/mol. The third-order valence-corrected chi connectivity index (χ3v) is 3.26. The average Bonchev–Trinajstić information content (AvgIpc) is 2.27. The third-order valence-electron chi connectivity index (χ3n) is 3.26. The van der Waals surface area contributed by atoms with Gasteiger partial charge in [0, 0.05) is 19.7 Å². The molecule has 4 nitrogen and oxygen atoms in total. The molecule has 17 heavy (non-hydrogen) atoms. The third kappa shape index (κ3) is 2.84. The molecule has 92 valence electrons. The summed E-state index contributed by atoms with van der Waals surface area (Å²) in [4.78, 5) is 11.0. The normalized spacial score (nSPS) is 23.1. The molecule has 1 aliphatic carbocycles. The van der Waals surface area contributed by atoms with Gasteiger partial charge in [0.25, 0.3) is 0 Å². The molecule has 0 amide bonds. The van der Waals surface area contributed by atoms with Gasteiger partial charge >= 0.3 is 5.97 Å². The van der Waals surface area contributed by atoms with E-state index >= 15 is 0 Å². The van der Waals surface area contributed by atoms with E-state index < -0.39 is 5.97 Å². The predicted molar refractivity (Wildman–Crippen MR) is 64.1 cm³/mol. The smallest absolute Gasteiger partial charge is 0.336 e. The number of carbonyl (C=O) groups is 1. The maximum absolute atomic E-state index is 11.0. The minimum Gasteiger partial charge on any atom is -0.478 e. The van der Waals surface area contributed by atoms with Crippen LogP contribution in [0.3, 0.4) is 0 Å². The summed E-state index contributed by atoms with van der Waals surface area (Å²) in [6.45, 7) is 0.601. The monoisotopic (exact) mass is 235 g/mol. The number of carboxylic acid groups (broad SMARTS) is 1. The minimum atomic E-state index is -0.870. The number of benzene rings is 1. The van der Waals surface area contributed by atoms with E-state index in [9.17, 15) is 4.79 Å². The SMILES string of the molecule is COC1CC(NCc2ccccc2C(=O)O)C1. The molecule has 1 saturated carbocycles. The zero-order chi connectivity index (χ0) is 12.3. The summed E-state index contributed by atoms with van der Waals surface area (Å²) in [5, 5.41) is 12.4. The lowest BCUT2D eigenvalue weighted by atomic mass is 9.89. The lowest BCUT2D eigenvalue weighted by molar-refractivity contribution is 0.0169. The molecular formula is C13H17NO3. The molecule has 0 radical (unpaired) electrons. The van der Waals surface area contributed by atoms with E-state index in [1.165, 1.54) is 0 Å². The van der Waals surface area contributed by atoms with Crippen molar-refractivity contribution in [2.24, 2.45) is 0 Å². The molecule has 1 aliphatic rings. The van der Waals surface area contributed by atoms with Gasteiger partial charge < -0.3 is 15.2 Å². The van der Waals surface area contributed by atoms with Gasteiger partial charge in [-0.05, 0) is 24.5 Å². The molecule has 0 bridgehead atoms. The molecule has 0 atom stereocenters. The molecule has 0 unspecified atom stereocenters. The first kappa shape index (κ1) is 12.1. The zero-order valence-corrected chi connectivity index (χ0v) is 9.85. The standard InChI is InChI=1S/C13H17NO3/c1-17-11-6-10(7-11)14-8-9-4-2-3-5-12(9)13(15)16/h2-5,10-11,14H,6-8H2,1H3,(H,15,16). The number of carboxylic acids is 1. The maximum atomic E-state index is 11.0. The highest BCUT2D eigenvalue weighted by Crippen LogP contribution is 2.23. The summed E-state index contributed by atoms with van der Waals surface area (Å²) in [7, 11) is 1.72. The Morgan fingerprint density at radius 3 is 2.82 bits per heavy atom. The minimum absolute atomic E-state index is 0.363. The first-order valence-electron chi connectivity index (χ1n) is 5.78. The zero-order valence-electron chi connectivity index (χ0n) is 9.85. The lowest BCUT2D eigenvalue weighted by Crippen LogP contribution is -2.44. The van der Waals surface area contributed by atoms with Crippen molar-refractivity contribution in [1.29, 1.82) is 0 Å². The molecule has 0 saturated heterocycles. The summed E-state index contributed by atoms with van der Waals surface area (Å²) < 4.78 is 5.20. The van der Waals surface area contributed by atoms with Gasteiger partial charge in [0.15, 0.2) is 0 Å². The van der Waals surface area contributed by atoms with Crippen LogP contribution in [0, 0.1) is 0 Å². The second-order valence-corrected chi connectivity index (χ2v) is 4.37. The molecule has 2 rings (SSSR count). The Balaban J connectivity index is 1.89. The topological polar surface area (TPSA) is 58.6 Å². The Bertz CT molecular complexity index is 399. The number of ether oxygens (including phenoxy) is 1. The maximum Gasteiger partial charge on any atom is 0.336 e. The van der Waals surface area contributed by atoms with Crippen LogP contribution in [0.1, 0.15) is 28.8 Å². The van der Waals surface area contributed by atoms with Crippen LogP contribution in [0.25, 0.3) is 0 Å². The van der Waals surface area contributed by atoms with Crippen LogP contribution >= 0.6 is 0 Å². The average molecular weight is 235 g/mol. The number of hydrogen-bond acceptors (Lipinski definition) is 3. The van der Waals surface area contributed by atoms with Gasteiger partial charge in [-0.25, -0.2) is 4.79 Å². The molecule has 1 aromatic carbocycles. The van der Waals surface area contributed by atoms with Gasteiger partial charge in [-0.15, -0.1) is 0 Å². The van der Waals surface area contributed by atoms with Gasteiger partial charge in [0.05, 0.1) is 11.7 Å². The molecule has 0 spiro atoms. The van der Waals surface area contributed by atoms with E-state index in [4.69, 9.17) is 9.84 Å². The predicted octanol–water partition coefficient (Wildman–Crippen LogP) is 1.65. The van der Waals surface area contributed by atoms with Gasteiger partial charge in [0.2, 0.25) is 0 Å². The van der Waals surface area contributed by atoms with Crippen molar-refractivity contribution >= 4 is 5.97 Å². The summed E-state index contributed by atoms with van der Waals surface area (Å²) in [6, 6.07) is 7.54. The Kier molecular flexibility index (Phi) is 3.76. The molecule has 1 fully saturated rings. The first-order chi connectivity index (χ1) is 8.20. The van der Waals surface area contributed by atoms with Crippen LogP contribution in [0.15, 0.2) is 24.3 Å². The molecule has 2 N–H and O–H groups in total. The van der Waals surface area contributed by atoms with Gasteiger partial charge in [-0.1, -0.05) is 18.2 Å². The van der Waals surface area contributed by atoms with Gasteiger partial charge in [-0.3, -0.25) is 0 Å². The van der Waals surface area contributed by atoms with Crippen LogP contribution in [0.2, 0.25) is 0 Å². The van der Waals surface area contributed by atoms with E-state index in [0.29, 0.717) is 24.3 Å². The van der Waals surface area contributed by atoms with Crippen LogP contribution in [-0.2, 0) is 11.3 Å². The highest BCUT2D eigenvalue weighted by Gasteiger charge is 2.28. The fraction of sp³-hybridized carbons (Fsp3) is 0.462. The van der Waals surface area contributed by atoms with Crippen molar-refractivity contribution in [3.05, 3.63) is 35.4 Å². The molecule has 0 heterocycles. The highest BCUT2D eigenvalue weighted by atomic mass is 16.5. The Hall–Kier alpha value is -1.39. The largest absolute Gasteiger partial charge is 0.478 e. The van der Waals surface area contributed by atoms with Gasteiger partial charge in [0.1, 0.15) is 0 Å². The van der Waals surface area contributed by atoms with Crippen molar-refractivity contribution in [2.75, 3.05) is 7.11 Å². The first-order valence-corrected chi connectivity index (χ1v) is 5.78. The van der Waals surface area contributed by atoms with Crippen LogP contribution in [0.4, 0.5) is 0 Å². The van der Waals surface area contributed by atoms with E-state index in [0.717, 1.165) is 18.4 Å². The van der Waals surface area contributed by atoms with E-state index in [1.54, 1.807) is 19.2 Å². The number of aromatic carboxylic acids is 1. The van der Waals surface area contributed by atoms with Crippen molar-refractivity contribution in [2.45, 2.75) is 31.5 Å². The Morgan fingerprint density at radius 1 is 1.47 bits per heavy atom. The van der Waals surface area contributed by atoms with Crippen molar-refractivity contribution in [3.63, 3.8) is 0 Å². The quantitative estimate of drug-likeness (QED) is 0.814. The second kappa shape index (κ2) is 5.29. The van der Waals surface area contributed by atoms with Crippen LogP contribution < -0.4 is 5.32 Å². The summed E-state index contributed by atoms with van der Waals surface area (Å²) >= 11 is 0. The summed E-state index contributed by atoms with van der Waals surface area (Å²) in [5.74, 6) is -0.870. The fourth-order valence-electron chi connectivity index (χ4n) is 2.06. The fourth-order valence-corrected chi connectivity index (χ4v) is 2.06. The Morgan fingerprint density at radius 2 is 2.18 bits per heavy atom. The highest BCUT2D eigenvalue weighted by molar-refractivity contribution is 5.89. The summed E-state index contributed by atoms with van der Waals surface area (Å²) in [6.07, 6.45) is 2.37. The van der Waals surface area contributed by atoms with Crippen molar-refractivity contribution < 1.29 is 14.6 Å². The van der Waals surface area contributed by atoms with Crippen molar-refractivity contribution in [3.8, 4) is 0 Å². The van der Waals surface area contributed by atoms with E-state index in [1.807, 2.05) is 12.1 Å². The molecule has 4 heteroatoms. The lowest BCUT2D eigenvalue weighted by Gasteiger charge is -2.34. The molecule has 0 aromatic heterocycles. The van der Waals surface area contributed by atoms with E-state index in [-0.39, 0.29) is 0 Å². The second-order valence-electron chi connectivity index (χ2n) is 4.37. The number of methoxy groups -OCH3 is 1.